The number of methoxy groups -OCH3 is 1. The second-order valence-corrected chi connectivity index (χ2v) is 5.09. The largest absolute Gasteiger partial charge is 0.497 e. The molecule has 0 radical (unpaired) electrons. The molecular formula is C21H20O3. The fourth-order valence-corrected chi connectivity index (χ4v) is 2.19. The smallest absolute Gasteiger partial charge is 0.335 e. The van der Waals surface area contributed by atoms with Crippen LogP contribution in [0.15, 0.2) is 66.7 Å². The summed E-state index contributed by atoms with van der Waals surface area (Å²) in [6.45, 7) is 5.97. The van der Waals surface area contributed by atoms with Crippen molar-refractivity contribution in [3.63, 3.8) is 0 Å². The molecular weight excluding hydrogens is 300 g/mol. The zero-order valence-electron chi connectivity index (χ0n) is 13.9. The van der Waals surface area contributed by atoms with Crippen LogP contribution in [0.4, 0.5) is 0 Å². The van der Waals surface area contributed by atoms with Crippen molar-refractivity contribution in [2.24, 2.45) is 0 Å². The van der Waals surface area contributed by atoms with E-state index in [1.54, 1.807) is 14.0 Å². The molecule has 0 N–H and O–H groups in total. The molecule has 2 rings (SSSR count). The predicted octanol–water partition coefficient (Wildman–Crippen LogP) is 3.95. The lowest BCUT2D eigenvalue weighted by Crippen LogP contribution is -2.13. The van der Waals surface area contributed by atoms with Crippen molar-refractivity contribution >= 4 is 5.97 Å². The molecule has 0 aliphatic carbocycles. The van der Waals surface area contributed by atoms with E-state index in [9.17, 15) is 4.79 Å². The van der Waals surface area contributed by atoms with Crippen molar-refractivity contribution in [3.8, 4) is 17.6 Å². The summed E-state index contributed by atoms with van der Waals surface area (Å²) in [6, 6.07) is 17.1. The van der Waals surface area contributed by atoms with Crippen molar-refractivity contribution in [1.29, 1.82) is 0 Å². The Balaban J connectivity index is 2.31. The van der Waals surface area contributed by atoms with Gasteiger partial charge in [0.05, 0.1) is 19.6 Å². The molecule has 0 fully saturated rings. The monoisotopic (exact) mass is 320 g/mol. The number of rotatable bonds is 5. The van der Waals surface area contributed by atoms with Gasteiger partial charge >= 0.3 is 5.97 Å². The lowest BCUT2D eigenvalue weighted by atomic mass is 9.92. The van der Waals surface area contributed by atoms with Gasteiger partial charge < -0.3 is 9.47 Å². The van der Waals surface area contributed by atoms with Gasteiger partial charge in [0.15, 0.2) is 0 Å². The summed E-state index contributed by atoms with van der Waals surface area (Å²) < 4.78 is 10.2. The number of hydrogen-bond acceptors (Lipinski definition) is 3. The summed E-state index contributed by atoms with van der Waals surface area (Å²) in [6.07, 6.45) is 0. The lowest BCUT2D eigenvalue weighted by Gasteiger charge is -2.13. The van der Waals surface area contributed by atoms with Crippen LogP contribution < -0.4 is 4.74 Å². The molecule has 3 heteroatoms. The van der Waals surface area contributed by atoms with E-state index >= 15 is 0 Å². The number of esters is 1. The summed E-state index contributed by atoms with van der Waals surface area (Å²) in [5, 5.41) is 0. The van der Waals surface area contributed by atoms with Crippen molar-refractivity contribution in [2.75, 3.05) is 13.7 Å². The molecule has 0 aromatic heterocycles. The molecule has 0 spiro atoms. The first-order valence-electron chi connectivity index (χ1n) is 7.72. The van der Waals surface area contributed by atoms with Gasteiger partial charge in [-0.3, -0.25) is 0 Å². The molecule has 0 heterocycles. The van der Waals surface area contributed by atoms with Crippen LogP contribution in [0.2, 0.25) is 0 Å². The summed E-state index contributed by atoms with van der Waals surface area (Å²) in [5.41, 5.74) is 2.09. The van der Waals surface area contributed by atoms with Crippen LogP contribution in [0, 0.1) is 11.8 Å². The van der Waals surface area contributed by atoms with E-state index in [1.807, 2.05) is 54.6 Å². The Hall–Kier alpha value is -2.99. The average Bonchev–Trinajstić information content (AvgIpc) is 2.63. The molecule has 0 bridgehead atoms. The van der Waals surface area contributed by atoms with Crippen molar-refractivity contribution in [2.45, 2.75) is 12.8 Å². The lowest BCUT2D eigenvalue weighted by molar-refractivity contribution is -0.138. The van der Waals surface area contributed by atoms with Gasteiger partial charge in [-0.1, -0.05) is 48.8 Å². The zero-order valence-corrected chi connectivity index (χ0v) is 13.9. The molecule has 3 nitrogen and oxygen atoms in total. The molecule has 2 aromatic rings. The van der Waals surface area contributed by atoms with Gasteiger partial charge in [0.2, 0.25) is 0 Å². The number of ether oxygens (including phenoxy) is 2. The van der Waals surface area contributed by atoms with Crippen LogP contribution in [-0.4, -0.2) is 19.7 Å². The molecule has 0 saturated carbocycles. The fourth-order valence-electron chi connectivity index (χ4n) is 2.19. The average molecular weight is 320 g/mol. The SMILES string of the molecule is C=C(C(=O)OCC)[C@H](C#Cc1ccc(OC)cc1)c1ccccc1. The molecule has 24 heavy (non-hydrogen) atoms. The fraction of sp³-hybridized carbons (Fsp3) is 0.190. The van der Waals surface area contributed by atoms with E-state index in [2.05, 4.69) is 18.4 Å². The summed E-state index contributed by atoms with van der Waals surface area (Å²) in [4.78, 5) is 12.0. The first-order valence-corrected chi connectivity index (χ1v) is 7.72. The van der Waals surface area contributed by atoms with Crippen molar-refractivity contribution in [3.05, 3.63) is 77.9 Å². The van der Waals surface area contributed by atoms with Crippen LogP contribution in [-0.2, 0) is 9.53 Å². The first kappa shape index (κ1) is 17.4. The maximum Gasteiger partial charge on any atom is 0.335 e. The molecule has 0 saturated heterocycles. The summed E-state index contributed by atoms with van der Waals surface area (Å²) >= 11 is 0. The van der Waals surface area contributed by atoms with Gasteiger partial charge in [0.1, 0.15) is 5.75 Å². The minimum atomic E-state index is -0.421. The minimum Gasteiger partial charge on any atom is -0.497 e. The number of carbonyl (C=O) groups is 1. The highest BCUT2D eigenvalue weighted by atomic mass is 16.5. The van der Waals surface area contributed by atoms with Crippen LogP contribution in [0.3, 0.4) is 0 Å². The molecule has 1 atom stereocenters. The van der Waals surface area contributed by atoms with Gasteiger partial charge in [0.25, 0.3) is 0 Å². The third-order valence-corrected chi connectivity index (χ3v) is 3.47. The summed E-state index contributed by atoms with van der Waals surface area (Å²) in [7, 11) is 1.62. The molecule has 2 aromatic carbocycles. The predicted molar refractivity (Wildman–Crippen MR) is 94.8 cm³/mol. The normalized spacial score (nSPS) is 10.9. The van der Waals surface area contributed by atoms with E-state index in [0.29, 0.717) is 12.2 Å². The Kier molecular flexibility index (Phi) is 6.22. The molecule has 0 aliphatic rings. The minimum absolute atomic E-state index is 0.311. The van der Waals surface area contributed by atoms with E-state index in [4.69, 9.17) is 9.47 Å². The molecule has 0 unspecified atom stereocenters. The maximum atomic E-state index is 12.0. The van der Waals surface area contributed by atoms with E-state index < -0.39 is 11.9 Å². The van der Waals surface area contributed by atoms with Gasteiger partial charge in [-0.15, -0.1) is 0 Å². The Morgan fingerprint density at radius 1 is 1.12 bits per heavy atom. The Labute approximate surface area is 142 Å². The second kappa shape index (κ2) is 8.59. The quantitative estimate of drug-likeness (QED) is 0.475. The van der Waals surface area contributed by atoms with Gasteiger partial charge in [-0.25, -0.2) is 4.79 Å². The van der Waals surface area contributed by atoms with Crippen molar-refractivity contribution < 1.29 is 14.3 Å². The highest BCUT2D eigenvalue weighted by Gasteiger charge is 2.19. The van der Waals surface area contributed by atoms with Gasteiger partial charge in [-0.2, -0.15) is 0 Å². The molecule has 122 valence electrons. The van der Waals surface area contributed by atoms with E-state index in [-0.39, 0.29) is 0 Å². The Bertz CT molecular complexity index is 749. The Morgan fingerprint density at radius 3 is 2.38 bits per heavy atom. The van der Waals surface area contributed by atoms with Crippen molar-refractivity contribution in [1.82, 2.24) is 0 Å². The van der Waals surface area contributed by atoms with Crippen LogP contribution >= 0.6 is 0 Å². The summed E-state index contributed by atoms with van der Waals surface area (Å²) in [5.74, 6) is 6.18. The third kappa shape index (κ3) is 4.50. The zero-order chi connectivity index (χ0) is 17.4. The topological polar surface area (TPSA) is 35.5 Å². The van der Waals surface area contributed by atoms with Crippen LogP contribution in [0.25, 0.3) is 0 Å². The highest BCUT2D eigenvalue weighted by molar-refractivity contribution is 5.90. The molecule has 0 amide bonds. The van der Waals surface area contributed by atoms with Crippen LogP contribution in [0.5, 0.6) is 5.75 Å². The van der Waals surface area contributed by atoms with Crippen LogP contribution in [0.1, 0.15) is 24.0 Å². The van der Waals surface area contributed by atoms with Gasteiger partial charge in [0, 0.05) is 11.1 Å². The molecule has 0 aliphatic heterocycles. The Morgan fingerprint density at radius 2 is 1.79 bits per heavy atom. The highest BCUT2D eigenvalue weighted by Crippen LogP contribution is 2.24. The number of benzene rings is 2. The second-order valence-electron chi connectivity index (χ2n) is 5.09. The van der Waals surface area contributed by atoms with Gasteiger partial charge in [-0.05, 0) is 36.8 Å². The van der Waals surface area contributed by atoms with E-state index in [0.717, 1.165) is 16.9 Å². The number of hydrogen-bond donors (Lipinski definition) is 0. The first-order chi connectivity index (χ1) is 11.7. The third-order valence-electron chi connectivity index (χ3n) is 3.47. The number of carbonyl (C=O) groups excluding carboxylic acids is 1. The standard InChI is InChI=1S/C21H20O3/c1-4-24-21(22)16(2)20(18-8-6-5-7-9-18)15-12-17-10-13-19(23-3)14-11-17/h5-11,13-14,20H,2,4H2,1,3H3/t20-/m0/s1. The maximum absolute atomic E-state index is 12.0. The van der Waals surface area contributed by atoms with E-state index in [1.165, 1.54) is 0 Å².